The van der Waals surface area contributed by atoms with Gasteiger partial charge in [0.1, 0.15) is 5.75 Å². The number of rotatable bonds is 7. The molecule has 0 saturated heterocycles. The highest BCUT2D eigenvalue weighted by molar-refractivity contribution is 5.75. The number of carbonyl (C=O) groups is 1. The van der Waals surface area contributed by atoms with E-state index in [0.717, 1.165) is 17.3 Å². The fraction of sp³-hybridized carbons (Fsp3) is 0.211. The standard InChI is InChI=1S/C19H19NO6/c1-13-4-5-14(2)17(10-13)25-12-19(21)26-16-7-6-15(8-9-20(22)23)11-18(16)24-3/h4-11H,12H2,1-3H3/b9-8+. The molecule has 0 unspecified atom stereocenters. The second kappa shape index (κ2) is 8.66. The first-order chi connectivity index (χ1) is 12.4. The molecule has 2 rings (SSSR count). The Morgan fingerprint density at radius 3 is 2.58 bits per heavy atom. The van der Waals surface area contributed by atoms with Crippen LogP contribution in [-0.2, 0) is 4.79 Å². The topological polar surface area (TPSA) is 87.9 Å². The molecule has 2 aromatic rings. The van der Waals surface area contributed by atoms with Crippen LogP contribution in [0.5, 0.6) is 17.2 Å². The Bertz CT molecular complexity index is 844. The molecule has 0 radical (unpaired) electrons. The second-order valence-electron chi connectivity index (χ2n) is 5.54. The van der Waals surface area contributed by atoms with Crippen LogP contribution in [0.3, 0.4) is 0 Å². The number of methoxy groups -OCH3 is 1. The van der Waals surface area contributed by atoms with Crippen molar-refractivity contribution in [3.05, 3.63) is 69.4 Å². The summed E-state index contributed by atoms with van der Waals surface area (Å²) in [4.78, 5) is 21.9. The highest BCUT2D eigenvalue weighted by Crippen LogP contribution is 2.29. The maximum atomic E-state index is 12.0. The molecule has 0 N–H and O–H groups in total. The molecule has 0 saturated carbocycles. The third-order valence-corrected chi connectivity index (χ3v) is 3.49. The molecule has 0 fully saturated rings. The molecule has 0 aliphatic rings. The van der Waals surface area contributed by atoms with Gasteiger partial charge in [0.05, 0.1) is 12.0 Å². The number of nitro groups is 1. The maximum Gasteiger partial charge on any atom is 0.349 e. The fourth-order valence-corrected chi connectivity index (χ4v) is 2.17. The predicted octanol–water partition coefficient (Wildman–Crippen LogP) is 3.54. The van der Waals surface area contributed by atoms with Gasteiger partial charge in [0.25, 0.3) is 0 Å². The summed E-state index contributed by atoms with van der Waals surface area (Å²) >= 11 is 0. The molecule has 0 aliphatic carbocycles. The fourth-order valence-electron chi connectivity index (χ4n) is 2.17. The zero-order valence-corrected chi connectivity index (χ0v) is 14.7. The Kier molecular flexibility index (Phi) is 6.32. The minimum absolute atomic E-state index is 0.209. The van der Waals surface area contributed by atoms with Crippen molar-refractivity contribution in [3.8, 4) is 17.2 Å². The van der Waals surface area contributed by atoms with Gasteiger partial charge in [-0.2, -0.15) is 0 Å². The molecule has 7 nitrogen and oxygen atoms in total. The molecule has 0 spiro atoms. The number of nitrogens with zero attached hydrogens (tertiary/aromatic N) is 1. The van der Waals surface area contributed by atoms with Gasteiger partial charge in [-0.05, 0) is 48.7 Å². The first kappa shape index (κ1) is 19.0. The highest BCUT2D eigenvalue weighted by atomic mass is 16.6. The van der Waals surface area contributed by atoms with Gasteiger partial charge in [-0.1, -0.05) is 18.2 Å². The molecule has 136 valence electrons. The van der Waals surface area contributed by atoms with Gasteiger partial charge in [-0.3, -0.25) is 10.1 Å². The van der Waals surface area contributed by atoms with Crippen molar-refractivity contribution in [2.75, 3.05) is 13.7 Å². The van der Waals surface area contributed by atoms with Crippen LogP contribution in [0.1, 0.15) is 16.7 Å². The SMILES string of the molecule is COc1cc(/C=C/[N+](=O)[O-])ccc1OC(=O)COc1cc(C)ccc1C. The maximum absolute atomic E-state index is 12.0. The third-order valence-electron chi connectivity index (χ3n) is 3.49. The summed E-state index contributed by atoms with van der Waals surface area (Å²) < 4.78 is 15.9. The van der Waals surface area contributed by atoms with E-state index in [4.69, 9.17) is 14.2 Å². The van der Waals surface area contributed by atoms with Crippen LogP contribution in [0.25, 0.3) is 6.08 Å². The van der Waals surface area contributed by atoms with E-state index in [-0.39, 0.29) is 18.1 Å². The molecule has 0 aromatic heterocycles. The van der Waals surface area contributed by atoms with E-state index < -0.39 is 10.9 Å². The predicted molar refractivity (Wildman–Crippen MR) is 96.1 cm³/mol. The quantitative estimate of drug-likeness (QED) is 0.326. The molecule has 7 heteroatoms. The minimum atomic E-state index is -0.585. The summed E-state index contributed by atoms with van der Waals surface area (Å²) in [6, 6.07) is 10.3. The number of esters is 1. The lowest BCUT2D eigenvalue weighted by Gasteiger charge is -2.12. The lowest BCUT2D eigenvalue weighted by atomic mass is 10.1. The first-order valence-electron chi connectivity index (χ1n) is 7.79. The van der Waals surface area contributed by atoms with Gasteiger partial charge in [-0.15, -0.1) is 0 Å². The molecular weight excluding hydrogens is 338 g/mol. The van der Waals surface area contributed by atoms with Crippen molar-refractivity contribution in [2.45, 2.75) is 13.8 Å². The average molecular weight is 357 g/mol. The van der Waals surface area contributed by atoms with Crippen LogP contribution < -0.4 is 14.2 Å². The second-order valence-corrected chi connectivity index (χ2v) is 5.54. The van der Waals surface area contributed by atoms with Crippen LogP contribution in [0.15, 0.2) is 42.6 Å². The van der Waals surface area contributed by atoms with Gasteiger partial charge in [0.15, 0.2) is 18.1 Å². The van der Waals surface area contributed by atoms with Gasteiger partial charge >= 0.3 is 5.97 Å². The van der Waals surface area contributed by atoms with E-state index in [0.29, 0.717) is 11.3 Å². The van der Waals surface area contributed by atoms with E-state index in [2.05, 4.69) is 0 Å². The molecular formula is C19H19NO6. The van der Waals surface area contributed by atoms with E-state index in [1.54, 1.807) is 6.07 Å². The Labute approximate surface area is 151 Å². The van der Waals surface area contributed by atoms with Crippen molar-refractivity contribution < 1.29 is 23.9 Å². The monoisotopic (exact) mass is 357 g/mol. The normalized spacial score (nSPS) is 10.6. The van der Waals surface area contributed by atoms with Crippen LogP contribution in [-0.4, -0.2) is 24.6 Å². The number of ether oxygens (including phenoxy) is 3. The van der Waals surface area contributed by atoms with Crippen LogP contribution in [0, 0.1) is 24.0 Å². The zero-order valence-electron chi connectivity index (χ0n) is 14.7. The van der Waals surface area contributed by atoms with Crippen molar-refractivity contribution in [2.24, 2.45) is 0 Å². The van der Waals surface area contributed by atoms with Crippen molar-refractivity contribution in [1.29, 1.82) is 0 Å². The molecule has 2 aromatic carbocycles. The zero-order chi connectivity index (χ0) is 19.1. The number of hydrogen-bond acceptors (Lipinski definition) is 6. The molecule has 0 amide bonds. The van der Waals surface area contributed by atoms with Crippen molar-refractivity contribution in [1.82, 2.24) is 0 Å². The summed E-state index contributed by atoms with van der Waals surface area (Å²) in [5.74, 6) is 0.530. The van der Waals surface area contributed by atoms with E-state index in [1.807, 2.05) is 32.0 Å². The Balaban J connectivity index is 2.04. The lowest BCUT2D eigenvalue weighted by Crippen LogP contribution is -2.18. The van der Waals surface area contributed by atoms with E-state index in [1.165, 1.54) is 25.3 Å². The Hall–Kier alpha value is -3.35. The summed E-state index contributed by atoms with van der Waals surface area (Å²) in [5.41, 5.74) is 2.49. The highest BCUT2D eigenvalue weighted by Gasteiger charge is 2.12. The largest absolute Gasteiger partial charge is 0.493 e. The molecule has 0 bridgehead atoms. The number of carbonyl (C=O) groups excluding carboxylic acids is 1. The minimum Gasteiger partial charge on any atom is -0.493 e. The smallest absolute Gasteiger partial charge is 0.349 e. The van der Waals surface area contributed by atoms with Crippen LogP contribution in [0.4, 0.5) is 0 Å². The average Bonchev–Trinajstić information content (AvgIpc) is 2.61. The number of benzene rings is 2. The number of hydrogen-bond donors (Lipinski definition) is 0. The molecule has 26 heavy (non-hydrogen) atoms. The lowest BCUT2D eigenvalue weighted by molar-refractivity contribution is -0.400. The summed E-state index contributed by atoms with van der Waals surface area (Å²) in [5, 5.41) is 10.4. The van der Waals surface area contributed by atoms with Gasteiger partial charge in [0.2, 0.25) is 6.20 Å². The molecule has 0 heterocycles. The third kappa shape index (κ3) is 5.34. The van der Waals surface area contributed by atoms with Crippen LogP contribution >= 0.6 is 0 Å². The van der Waals surface area contributed by atoms with Gasteiger partial charge < -0.3 is 14.2 Å². The van der Waals surface area contributed by atoms with Gasteiger partial charge in [-0.25, -0.2) is 4.79 Å². The van der Waals surface area contributed by atoms with Crippen LogP contribution in [0.2, 0.25) is 0 Å². The molecule has 0 atom stereocenters. The Morgan fingerprint density at radius 2 is 1.88 bits per heavy atom. The first-order valence-corrected chi connectivity index (χ1v) is 7.79. The van der Waals surface area contributed by atoms with E-state index >= 15 is 0 Å². The van der Waals surface area contributed by atoms with Crippen molar-refractivity contribution >= 4 is 12.0 Å². The Morgan fingerprint density at radius 1 is 1.12 bits per heavy atom. The summed E-state index contributed by atoms with van der Waals surface area (Å²) in [6.45, 7) is 3.57. The summed E-state index contributed by atoms with van der Waals surface area (Å²) in [6.07, 6.45) is 2.14. The van der Waals surface area contributed by atoms with E-state index in [9.17, 15) is 14.9 Å². The summed E-state index contributed by atoms with van der Waals surface area (Å²) in [7, 11) is 1.42. The number of aryl methyl sites for hydroxylation is 2. The molecule has 0 aliphatic heterocycles. The van der Waals surface area contributed by atoms with Crippen molar-refractivity contribution in [3.63, 3.8) is 0 Å². The van der Waals surface area contributed by atoms with Gasteiger partial charge in [0, 0.05) is 6.08 Å².